The number of aliphatic hydroxyl groups excluding tert-OH is 1. The standard InChI is InChI=1S/C24H25F3N2O2/c1-3-18(11-14-21(28)24(25,26)27)15-16-29(20-12-9-17(2)10-13-20)23(31)22(30)19-7-5-4-6-8-19/h3-14,22,30H,1,15-16,28H2,2H3/b18-11+,21-14-/t22-/m0/s1. The Morgan fingerprint density at radius 3 is 2.29 bits per heavy atom. The summed E-state index contributed by atoms with van der Waals surface area (Å²) < 4.78 is 37.8. The fourth-order valence-corrected chi connectivity index (χ4v) is 2.80. The molecule has 0 heterocycles. The number of hydrogen-bond acceptors (Lipinski definition) is 3. The topological polar surface area (TPSA) is 66.6 Å². The van der Waals surface area contributed by atoms with Crippen LogP contribution in [0.4, 0.5) is 18.9 Å². The van der Waals surface area contributed by atoms with Gasteiger partial charge in [-0.05, 0) is 42.7 Å². The number of aliphatic hydroxyl groups is 1. The van der Waals surface area contributed by atoms with Crippen LogP contribution in [0.2, 0.25) is 0 Å². The number of nitrogens with two attached hydrogens (primary N) is 1. The van der Waals surface area contributed by atoms with Gasteiger partial charge in [0.2, 0.25) is 0 Å². The van der Waals surface area contributed by atoms with Crippen molar-refractivity contribution >= 4 is 11.6 Å². The van der Waals surface area contributed by atoms with E-state index in [4.69, 9.17) is 5.73 Å². The Hall–Kier alpha value is -3.32. The Balaban J connectivity index is 2.28. The van der Waals surface area contributed by atoms with Crippen LogP contribution in [-0.2, 0) is 4.79 Å². The second-order valence-corrected chi connectivity index (χ2v) is 6.95. The molecular formula is C24H25F3N2O2. The maximum Gasteiger partial charge on any atom is 0.430 e. The number of allylic oxidation sites excluding steroid dienone is 4. The number of nitrogens with zero attached hydrogens (tertiary/aromatic N) is 1. The first-order valence-electron chi connectivity index (χ1n) is 9.60. The lowest BCUT2D eigenvalue weighted by atomic mass is 10.1. The Morgan fingerprint density at radius 2 is 1.74 bits per heavy atom. The number of rotatable bonds is 8. The van der Waals surface area contributed by atoms with Gasteiger partial charge in [-0.1, -0.05) is 66.8 Å². The van der Waals surface area contributed by atoms with Crippen LogP contribution in [0.1, 0.15) is 23.7 Å². The predicted molar refractivity (Wildman–Crippen MR) is 116 cm³/mol. The van der Waals surface area contributed by atoms with Gasteiger partial charge in [0, 0.05) is 12.2 Å². The van der Waals surface area contributed by atoms with Crippen molar-refractivity contribution in [2.45, 2.75) is 25.6 Å². The first-order chi connectivity index (χ1) is 14.6. The lowest BCUT2D eigenvalue weighted by Gasteiger charge is -2.26. The summed E-state index contributed by atoms with van der Waals surface area (Å²) in [5.74, 6) is -0.538. The van der Waals surface area contributed by atoms with Crippen LogP contribution in [-0.4, -0.2) is 23.7 Å². The van der Waals surface area contributed by atoms with Crippen molar-refractivity contribution in [3.05, 3.63) is 102 Å². The van der Waals surface area contributed by atoms with E-state index in [0.29, 0.717) is 16.8 Å². The van der Waals surface area contributed by atoms with E-state index in [-0.39, 0.29) is 13.0 Å². The van der Waals surface area contributed by atoms with E-state index in [1.165, 1.54) is 17.1 Å². The number of amides is 1. The SMILES string of the molecule is C=C/C(=C\C=C(/N)C(F)(F)F)CCN(C(=O)[C@@H](O)c1ccccc1)c1ccc(C)cc1. The van der Waals surface area contributed by atoms with Gasteiger partial charge in [-0.15, -0.1) is 0 Å². The molecule has 0 fully saturated rings. The maximum atomic E-state index is 13.1. The molecule has 0 spiro atoms. The minimum absolute atomic E-state index is 0.128. The summed E-state index contributed by atoms with van der Waals surface area (Å²) in [4.78, 5) is 14.5. The smallest absolute Gasteiger partial charge is 0.395 e. The summed E-state index contributed by atoms with van der Waals surface area (Å²) in [6.07, 6.45) is -2.38. The van der Waals surface area contributed by atoms with Crippen LogP contribution < -0.4 is 10.6 Å². The zero-order chi connectivity index (χ0) is 23.0. The molecule has 31 heavy (non-hydrogen) atoms. The van der Waals surface area contributed by atoms with Gasteiger partial charge in [0.15, 0.2) is 6.10 Å². The molecule has 0 aliphatic heterocycles. The van der Waals surface area contributed by atoms with Crippen molar-refractivity contribution in [1.82, 2.24) is 0 Å². The quantitative estimate of drug-likeness (QED) is 0.581. The van der Waals surface area contributed by atoms with Gasteiger partial charge in [-0.2, -0.15) is 13.2 Å². The molecule has 2 aromatic rings. The Labute approximate surface area is 179 Å². The summed E-state index contributed by atoms with van der Waals surface area (Å²) >= 11 is 0. The lowest BCUT2D eigenvalue weighted by molar-refractivity contribution is -0.126. The molecule has 2 rings (SSSR count). The van der Waals surface area contributed by atoms with Crippen LogP contribution >= 0.6 is 0 Å². The van der Waals surface area contributed by atoms with E-state index in [1.807, 2.05) is 19.1 Å². The molecule has 0 aliphatic rings. The highest BCUT2D eigenvalue weighted by Gasteiger charge is 2.30. The Morgan fingerprint density at radius 1 is 1.13 bits per heavy atom. The number of alkyl halides is 3. The van der Waals surface area contributed by atoms with E-state index < -0.39 is 23.9 Å². The van der Waals surface area contributed by atoms with E-state index in [2.05, 4.69) is 6.58 Å². The van der Waals surface area contributed by atoms with Crippen LogP contribution in [0.5, 0.6) is 0 Å². The third kappa shape index (κ3) is 6.86. The van der Waals surface area contributed by atoms with Crippen molar-refractivity contribution in [2.75, 3.05) is 11.4 Å². The number of carbonyl (C=O) groups is 1. The van der Waals surface area contributed by atoms with E-state index in [1.54, 1.807) is 42.5 Å². The summed E-state index contributed by atoms with van der Waals surface area (Å²) in [6.45, 7) is 5.65. The average Bonchev–Trinajstić information content (AvgIpc) is 2.76. The van der Waals surface area contributed by atoms with Gasteiger partial charge < -0.3 is 15.7 Å². The summed E-state index contributed by atoms with van der Waals surface area (Å²) in [6, 6.07) is 15.7. The molecule has 0 unspecified atom stereocenters. The molecule has 164 valence electrons. The third-order valence-electron chi connectivity index (χ3n) is 4.65. The molecular weight excluding hydrogens is 405 g/mol. The number of halogens is 3. The predicted octanol–water partition coefficient (Wildman–Crippen LogP) is 4.97. The number of aryl methyl sites for hydroxylation is 1. The zero-order valence-electron chi connectivity index (χ0n) is 17.1. The van der Waals surface area contributed by atoms with Gasteiger partial charge in [0.05, 0.1) is 0 Å². The molecule has 3 N–H and O–H groups in total. The second-order valence-electron chi connectivity index (χ2n) is 6.95. The third-order valence-corrected chi connectivity index (χ3v) is 4.65. The molecule has 4 nitrogen and oxygen atoms in total. The average molecular weight is 430 g/mol. The highest BCUT2D eigenvalue weighted by molar-refractivity contribution is 5.97. The number of hydrogen-bond donors (Lipinski definition) is 2. The van der Waals surface area contributed by atoms with Crippen molar-refractivity contribution in [3.63, 3.8) is 0 Å². The zero-order valence-corrected chi connectivity index (χ0v) is 17.1. The minimum atomic E-state index is -4.62. The van der Waals surface area contributed by atoms with E-state index >= 15 is 0 Å². The molecule has 2 aromatic carbocycles. The molecule has 1 amide bonds. The first kappa shape index (κ1) is 24.0. The number of anilines is 1. The summed E-state index contributed by atoms with van der Waals surface area (Å²) in [5.41, 5.74) is 6.28. The fourth-order valence-electron chi connectivity index (χ4n) is 2.80. The van der Waals surface area contributed by atoms with Crippen molar-refractivity contribution < 1.29 is 23.1 Å². The Bertz CT molecular complexity index is 949. The Kier molecular flexibility index (Phi) is 8.22. The molecule has 0 aromatic heterocycles. The molecule has 0 radical (unpaired) electrons. The fraction of sp³-hybridized carbons (Fsp3) is 0.208. The molecule has 7 heteroatoms. The molecule has 0 saturated heterocycles. The van der Waals surface area contributed by atoms with Crippen LogP contribution in [0, 0.1) is 6.92 Å². The maximum absolute atomic E-state index is 13.1. The molecule has 0 saturated carbocycles. The van der Waals surface area contributed by atoms with Gasteiger partial charge >= 0.3 is 6.18 Å². The van der Waals surface area contributed by atoms with Crippen LogP contribution in [0.15, 0.2) is 90.7 Å². The van der Waals surface area contributed by atoms with Gasteiger partial charge in [0.1, 0.15) is 5.70 Å². The van der Waals surface area contributed by atoms with E-state index in [9.17, 15) is 23.1 Å². The number of carbonyl (C=O) groups excluding carboxylic acids is 1. The largest absolute Gasteiger partial charge is 0.430 e. The first-order valence-corrected chi connectivity index (χ1v) is 9.60. The van der Waals surface area contributed by atoms with Crippen LogP contribution in [0.25, 0.3) is 0 Å². The van der Waals surface area contributed by atoms with Gasteiger partial charge in [0.25, 0.3) is 5.91 Å². The highest BCUT2D eigenvalue weighted by atomic mass is 19.4. The monoisotopic (exact) mass is 430 g/mol. The van der Waals surface area contributed by atoms with Crippen molar-refractivity contribution in [1.29, 1.82) is 0 Å². The number of benzene rings is 2. The van der Waals surface area contributed by atoms with Gasteiger partial charge in [-0.25, -0.2) is 0 Å². The summed E-state index contributed by atoms with van der Waals surface area (Å²) in [5, 5.41) is 10.6. The molecule has 0 aliphatic carbocycles. The van der Waals surface area contributed by atoms with Gasteiger partial charge in [-0.3, -0.25) is 4.79 Å². The summed E-state index contributed by atoms with van der Waals surface area (Å²) in [7, 11) is 0. The van der Waals surface area contributed by atoms with Crippen LogP contribution in [0.3, 0.4) is 0 Å². The normalized spacial score (nSPS) is 13.6. The second kappa shape index (κ2) is 10.6. The van der Waals surface area contributed by atoms with Crippen molar-refractivity contribution in [2.24, 2.45) is 5.73 Å². The molecule has 0 bridgehead atoms. The van der Waals surface area contributed by atoms with Crippen molar-refractivity contribution in [3.8, 4) is 0 Å². The molecule has 1 atom stereocenters. The lowest BCUT2D eigenvalue weighted by Crippen LogP contribution is -2.36. The minimum Gasteiger partial charge on any atom is -0.395 e. The van der Waals surface area contributed by atoms with E-state index in [0.717, 1.165) is 11.6 Å². The highest BCUT2D eigenvalue weighted by Crippen LogP contribution is 2.24.